The van der Waals surface area contributed by atoms with Gasteiger partial charge in [-0.15, -0.1) is 0 Å². The van der Waals surface area contributed by atoms with Crippen LogP contribution in [0.1, 0.15) is 22.7 Å². The van der Waals surface area contributed by atoms with Gasteiger partial charge in [0.05, 0.1) is 11.1 Å². The van der Waals surface area contributed by atoms with Crippen LogP contribution in [-0.4, -0.2) is 18.0 Å². The molecule has 1 aromatic heterocycles. The first-order chi connectivity index (χ1) is 6.27. The Hall–Kier alpha value is -1.05. The number of rotatable bonds is 2. The van der Waals surface area contributed by atoms with E-state index in [1.54, 1.807) is 6.07 Å². The SMILES string of the molecule is O=Cc1cc(Br)c(C#CCCO)o1. The molecule has 3 nitrogen and oxygen atoms in total. The van der Waals surface area contributed by atoms with Gasteiger partial charge in [0, 0.05) is 12.5 Å². The first-order valence-electron chi connectivity index (χ1n) is 3.62. The zero-order valence-electron chi connectivity index (χ0n) is 6.71. The number of halogens is 1. The number of carbonyl (C=O) groups excluding carboxylic acids is 1. The second-order valence-electron chi connectivity index (χ2n) is 2.22. The van der Waals surface area contributed by atoms with Gasteiger partial charge in [-0.25, -0.2) is 0 Å². The fourth-order valence-electron chi connectivity index (χ4n) is 0.728. The van der Waals surface area contributed by atoms with E-state index in [1.807, 2.05) is 0 Å². The molecule has 0 aromatic carbocycles. The molecule has 0 aliphatic carbocycles. The molecule has 1 heterocycles. The summed E-state index contributed by atoms with van der Waals surface area (Å²) in [7, 11) is 0. The lowest BCUT2D eigenvalue weighted by atomic mass is 10.4. The molecule has 1 aromatic rings. The molecular formula is C9H7BrO3. The average molecular weight is 243 g/mol. The molecule has 4 heteroatoms. The Balaban J connectivity index is 2.84. The highest BCUT2D eigenvalue weighted by Crippen LogP contribution is 2.19. The van der Waals surface area contributed by atoms with Crippen LogP contribution >= 0.6 is 15.9 Å². The molecule has 0 saturated heterocycles. The van der Waals surface area contributed by atoms with Crippen LogP contribution in [0.4, 0.5) is 0 Å². The van der Waals surface area contributed by atoms with Crippen molar-refractivity contribution >= 4 is 22.2 Å². The number of aliphatic hydroxyl groups is 1. The van der Waals surface area contributed by atoms with Crippen LogP contribution in [-0.2, 0) is 0 Å². The molecule has 13 heavy (non-hydrogen) atoms. The van der Waals surface area contributed by atoms with E-state index in [4.69, 9.17) is 9.52 Å². The van der Waals surface area contributed by atoms with Gasteiger partial charge in [-0.3, -0.25) is 4.79 Å². The second-order valence-corrected chi connectivity index (χ2v) is 3.07. The molecular weight excluding hydrogens is 236 g/mol. The molecule has 0 spiro atoms. The predicted octanol–water partition coefficient (Wildman–Crippen LogP) is 1.59. The smallest absolute Gasteiger partial charge is 0.191 e. The van der Waals surface area contributed by atoms with Crippen molar-refractivity contribution in [2.24, 2.45) is 0 Å². The summed E-state index contributed by atoms with van der Waals surface area (Å²) in [5.41, 5.74) is 0. The summed E-state index contributed by atoms with van der Waals surface area (Å²) in [6.07, 6.45) is 1.01. The quantitative estimate of drug-likeness (QED) is 0.633. The molecule has 0 unspecified atom stereocenters. The first-order valence-corrected chi connectivity index (χ1v) is 4.41. The third-order valence-corrected chi connectivity index (χ3v) is 1.85. The highest BCUT2D eigenvalue weighted by molar-refractivity contribution is 9.10. The van der Waals surface area contributed by atoms with Crippen molar-refractivity contribution < 1.29 is 14.3 Å². The molecule has 0 aliphatic heterocycles. The summed E-state index contributed by atoms with van der Waals surface area (Å²) in [5, 5.41) is 8.46. The van der Waals surface area contributed by atoms with Crippen LogP contribution in [0.5, 0.6) is 0 Å². The van der Waals surface area contributed by atoms with E-state index in [1.165, 1.54) is 0 Å². The van der Waals surface area contributed by atoms with Gasteiger partial charge in [0.1, 0.15) is 0 Å². The van der Waals surface area contributed by atoms with E-state index < -0.39 is 0 Å². The number of furan rings is 1. The highest BCUT2D eigenvalue weighted by atomic mass is 79.9. The zero-order chi connectivity index (χ0) is 9.68. The molecule has 0 amide bonds. The van der Waals surface area contributed by atoms with Gasteiger partial charge in [0.15, 0.2) is 17.8 Å². The molecule has 0 fully saturated rings. The van der Waals surface area contributed by atoms with Crippen LogP contribution in [0.25, 0.3) is 0 Å². The van der Waals surface area contributed by atoms with E-state index >= 15 is 0 Å². The Labute approximate surface area is 83.9 Å². The number of hydrogen-bond donors (Lipinski definition) is 1. The molecule has 0 bridgehead atoms. The van der Waals surface area contributed by atoms with Crippen molar-refractivity contribution in [1.82, 2.24) is 0 Å². The summed E-state index contributed by atoms with van der Waals surface area (Å²) in [4.78, 5) is 10.3. The zero-order valence-corrected chi connectivity index (χ0v) is 8.30. The molecule has 68 valence electrons. The van der Waals surface area contributed by atoms with Gasteiger partial charge in [0.2, 0.25) is 0 Å². The fourth-order valence-corrected chi connectivity index (χ4v) is 1.13. The highest BCUT2D eigenvalue weighted by Gasteiger charge is 2.04. The Kier molecular flexibility index (Phi) is 3.74. The second kappa shape index (κ2) is 4.85. The van der Waals surface area contributed by atoms with Crippen molar-refractivity contribution in [3.05, 3.63) is 22.1 Å². The van der Waals surface area contributed by atoms with Crippen LogP contribution in [0, 0.1) is 11.8 Å². The summed E-state index contributed by atoms with van der Waals surface area (Å²) >= 11 is 3.19. The van der Waals surface area contributed by atoms with Crippen molar-refractivity contribution in [2.45, 2.75) is 6.42 Å². The number of hydrogen-bond acceptors (Lipinski definition) is 3. The van der Waals surface area contributed by atoms with Crippen molar-refractivity contribution in [2.75, 3.05) is 6.61 Å². The summed E-state index contributed by atoms with van der Waals surface area (Å²) in [6.45, 7) is 0.0197. The molecule has 1 N–H and O–H groups in total. The molecule has 0 aliphatic rings. The van der Waals surface area contributed by atoms with Crippen molar-refractivity contribution in [3.8, 4) is 11.8 Å². The van der Waals surface area contributed by atoms with Crippen molar-refractivity contribution in [1.29, 1.82) is 0 Å². The Morgan fingerprint density at radius 1 is 1.69 bits per heavy atom. The minimum atomic E-state index is 0.0197. The van der Waals surface area contributed by atoms with E-state index in [0.717, 1.165) is 0 Å². The topological polar surface area (TPSA) is 50.4 Å². The standard InChI is InChI=1S/C9H7BrO3/c10-8-5-7(6-12)13-9(8)3-1-2-4-11/h5-6,11H,2,4H2. The van der Waals surface area contributed by atoms with Crippen molar-refractivity contribution in [3.63, 3.8) is 0 Å². The van der Waals surface area contributed by atoms with Gasteiger partial charge in [-0.2, -0.15) is 0 Å². The summed E-state index contributed by atoms with van der Waals surface area (Å²) in [6, 6.07) is 1.55. The maximum Gasteiger partial charge on any atom is 0.191 e. The average Bonchev–Trinajstić information content (AvgIpc) is 2.48. The number of carbonyl (C=O) groups is 1. The van der Waals surface area contributed by atoms with Gasteiger partial charge in [0.25, 0.3) is 0 Å². The minimum absolute atomic E-state index is 0.0197. The van der Waals surface area contributed by atoms with E-state index in [0.29, 0.717) is 22.9 Å². The Bertz CT molecular complexity index is 357. The fraction of sp³-hybridized carbons (Fsp3) is 0.222. The molecule has 1 rings (SSSR count). The van der Waals surface area contributed by atoms with E-state index in [9.17, 15) is 4.79 Å². The molecule has 0 atom stereocenters. The third kappa shape index (κ3) is 2.72. The van der Waals surface area contributed by atoms with Crippen LogP contribution in [0.2, 0.25) is 0 Å². The molecule has 0 radical (unpaired) electrons. The lowest BCUT2D eigenvalue weighted by Gasteiger charge is -1.82. The normalized spacial score (nSPS) is 9.08. The summed E-state index contributed by atoms with van der Waals surface area (Å²) < 4.78 is 5.69. The Morgan fingerprint density at radius 3 is 3.00 bits per heavy atom. The van der Waals surface area contributed by atoms with Crippen LogP contribution < -0.4 is 0 Å². The van der Waals surface area contributed by atoms with Gasteiger partial charge < -0.3 is 9.52 Å². The monoisotopic (exact) mass is 242 g/mol. The van der Waals surface area contributed by atoms with Gasteiger partial charge >= 0.3 is 0 Å². The lowest BCUT2D eigenvalue weighted by molar-refractivity contribution is 0.110. The van der Waals surface area contributed by atoms with Crippen LogP contribution in [0.15, 0.2) is 15.0 Å². The maximum atomic E-state index is 10.3. The lowest BCUT2D eigenvalue weighted by Crippen LogP contribution is -1.76. The maximum absolute atomic E-state index is 10.3. The number of aldehydes is 1. The summed E-state index contributed by atoms with van der Waals surface area (Å²) in [5.74, 6) is 6.02. The van der Waals surface area contributed by atoms with Gasteiger partial charge in [-0.05, 0) is 21.9 Å². The first kappa shape index (κ1) is 10.0. The predicted molar refractivity (Wildman–Crippen MR) is 50.4 cm³/mol. The largest absolute Gasteiger partial charge is 0.444 e. The van der Waals surface area contributed by atoms with Gasteiger partial charge in [-0.1, -0.05) is 5.92 Å². The minimum Gasteiger partial charge on any atom is -0.444 e. The van der Waals surface area contributed by atoms with E-state index in [2.05, 4.69) is 27.8 Å². The third-order valence-electron chi connectivity index (χ3n) is 1.26. The van der Waals surface area contributed by atoms with Crippen LogP contribution in [0.3, 0.4) is 0 Å². The number of aliphatic hydroxyl groups excluding tert-OH is 1. The Morgan fingerprint density at radius 2 is 2.46 bits per heavy atom. The van der Waals surface area contributed by atoms with E-state index in [-0.39, 0.29) is 12.4 Å². The molecule has 0 saturated carbocycles.